The smallest absolute Gasteiger partial charge is 0.429 e. The zero-order valence-electron chi connectivity index (χ0n) is 11.0. The molecule has 3 aliphatic heterocycles. The van der Waals surface area contributed by atoms with E-state index in [9.17, 15) is 9.59 Å². The molecule has 0 saturated carbocycles. The molecule has 19 heavy (non-hydrogen) atoms. The fourth-order valence-corrected chi connectivity index (χ4v) is 3.15. The molecule has 0 radical (unpaired) electrons. The Morgan fingerprint density at radius 3 is 2.58 bits per heavy atom. The Bertz CT molecular complexity index is 477. The second-order valence-electron chi connectivity index (χ2n) is 4.81. The maximum absolute atomic E-state index is 12.0. The van der Waals surface area contributed by atoms with Gasteiger partial charge in [0.05, 0.1) is 20.8 Å². The molecule has 0 aromatic heterocycles. The van der Waals surface area contributed by atoms with Crippen molar-refractivity contribution in [3.8, 4) is 0 Å². The van der Waals surface area contributed by atoms with Gasteiger partial charge in [0.25, 0.3) is 0 Å². The number of amides is 2. The normalized spacial score (nSPS) is 31.4. The average Bonchev–Trinajstić information content (AvgIpc) is 2.89. The van der Waals surface area contributed by atoms with Crippen molar-refractivity contribution in [2.24, 2.45) is 5.92 Å². The third-order valence-corrected chi connectivity index (χ3v) is 3.98. The van der Waals surface area contributed by atoms with Gasteiger partial charge in [-0.3, -0.25) is 4.84 Å². The van der Waals surface area contributed by atoms with Gasteiger partial charge < -0.3 is 9.47 Å². The molecular formula is C11H16N3O5+. The number of carbonyl (C=O) groups excluding carboxylic acids is 2. The number of hydroxylamine groups is 1. The van der Waals surface area contributed by atoms with E-state index in [4.69, 9.17) is 14.3 Å². The maximum atomic E-state index is 12.0. The van der Waals surface area contributed by atoms with E-state index in [1.165, 1.54) is 24.2 Å². The van der Waals surface area contributed by atoms with Gasteiger partial charge in [-0.1, -0.05) is 0 Å². The molecule has 8 heteroatoms. The van der Waals surface area contributed by atoms with Crippen LogP contribution in [0, 0.1) is 5.92 Å². The van der Waals surface area contributed by atoms with Crippen LogP contribution in [-0.4, -0.2) is 72.1 Å². The van der Waals surface area contributed by atoms with Gasteiger partial charge in [0.1, 0.15) is 12.0 Å². The number of methoxy groups -OCH3 is 2. The van der Waals surface area contributed by atoms with Crippen molar-refractivity contribution in [3.63, 3.8) is 0 Å². The van der Waals surface area contributed by atoms with Crippen molar-refractivity contribution in [2.45, 2.75) is 19.1 Å². The first-order valence-corrected chi connectivity index (χ1v) is 6.08. The molecule has 0 spiro atoms. The van der Waals surface area contributed by atoms with Crippen molar-refractivity contribution in [3.05, 3.63) is 0 Å². The number of hydrazine groups is 1. The highest BCUT2D eigenvalue weighted by Crippen LogP contribution is 2.37. The number of carbonyl (C=O) groups is 2. The first-order chi connectivity index (χ1) is 9.08. The summed E-state index contributed by atoms with van der Waals surface area (Å²) in [5, 5.41) is 2.60. The van der Waals surface area contributed by atoms with Crippen LogP contribution in [0.2, 0.25) is 0 Å². The lowest BCUT2D eigenvalue weighted by Crippen LogP contribution is -2.67. The van der Waals surface area contributed by atoms with Crippen molar-refractivity contribution < 1.29 is 28.6 Å². The van der Waals surface area contributed by atoms with Crippen LogP contribution in [0.25, 0.3) is 0 Å². The molecule has 3 heterocycles. The minimum Gasteiger partial charge on any atom is -0.452 e. The second-order valence-corrected chi connectivity index (χ2v) is 4.81. The summed E-state index contributed by atoms with van der Waals surface area (Å²) in [5.74, 6) is 0.111. The first kappa shape index (κ1) is 12.1. The molecule has 0 aliphatic carbocycles. The van der Waals surface area contributed by atoms with Crippen LogP contribution in [-0.2, 0) is 14.3 Å². The lowest BCUT2D eigenvalue weighted by atomic mass is 9.89. The first-order valence-electron chi connectivity index (χ1n) is 6.08. The number of hydrogen-bond acceptors (Lipinski definition) is 5. The van der Waals surface area contributed by atoms with Crippen LogP contribution in [0.1, 0.15) is 6.92 Å². The van der Waals surface area contributed by atoms with Gasteiger partial charge >= 0.3 is 12.2 Å². The van der Waals surface area contributed by atoms with Gasteiger partial charge in [0, 0.05) is 6.92 Å². The third-order valence-electron chi connectivity index (χ3n) is 3.98. The Balaban J connectivity index is 1.93. The summed E-state index contributed by atoms with van der Waals surface area (Å²) < 4.78 is 11.3. The maximum Gasteiger partial charge on any atom is 0.429 e. The Kier molecular flexibility index (Phi) is 2.54. The SMILES string of the molecule is COC(=O)N1CC2O[N+]3=C(C)C2C(C3)N1C(=O)OC. The fraction of sp³-hybridized carbons (Fsp3) is 0.727. The monoisotopic (exact) mass is 270 g/mol. The lowest BCUT2D eigenvalue weighted by Gasteiger charge is -2.44. The lowest BCUT2D eigenvalue weighted by molar-refractivity contribution is -0.795. The molecule has 1 saturated heterocycles. The number of nitrogens with zero attached hydrogens (tertiary/aromatic N) is 3. The molecule has 104 valence electrons. The summed E-state index contributed by atoms with van der Waals surface area (Å²) in [7, 11) is 2.58. The summed E-state index contributed by atoms with van der Waals surface area (Å²) >= 11 is 0. The van der Waals surface area contributed by atoms with E-state index in [1.54, 1.807) is 4.74 Å². The van der Waals surface area contributed by atoms with E-state index in [-0.39, 0.29) is 24.6 Å². The van der Waals surface area contributed by atoms with E-state index >= 15 is 0 Å². The van der Waals surface area contributed by atoms with Gasteiger partial charge in [0.15, 0.2) is 0 Å². The van der Waals surface area contributed by atoms with Crippen LogP contribution in [0.5, 0.6) is 0 Å². The van der Waals surface area contributed by atoms with E-state index in [2.05, 4.69) is 0 Å². The molecule has 2 bridgehead atoms. The standard InChI is InChI=1S/C11H16N3O5/c1-6-9-7-4-13(6)19-8(9)5-12(10(15)17-2)14(7)11(16)18-3/h7-9H,4-5H2,1-3H3/q+1. The largest absolute Gasteiger partial charge is 0.452 e. The highest BCUT2D eigenvalue weighted by Gasteiger charge is 2.63. The van der Waals surface area contributed by atoms with Crippen LogP contribution in [0.15, 0.2) is 0 Å². The van der Waals surface area contributed by atoms with Gasteiger partial charge in [-0.2, -0.15) is 0 Å². The highest BCUT2D eigenvalue weighted by atomic mass is 16.7. The van der Waals surface area contributed by atoms with E-state index < -0.39 is 12.2 Å². The molecule has 3 aliphatic rings. The molecule has 0 aromatic rings. The zero-order valence-corrected chi connectivity index (χ0v) is 11.0. The molecule has 3 unspecified atom stereocenters. The molecule has 0 N–H and O–H groups in total. The van der Waals surface area contributed by atoms with Crippen LogP contribution in [0.4, 0.5) is 9.59 Å². The van der Waals surface area contributed by atoms with E-state index in [0.29, 0.717) is 6.54 Å². The predicted molar refractivity (Wildman–Crippen MR) is 61.3 cm³/mol. The summed E-state index contributed by atoms with van der Waals surface area (Å²) in [6.45, 7) is 2.79. The highest BCUT2D eigenvalue weighted by molar-refractivity contribution is 5.85. The summed E-state index contributed by atoms with van der Waals surface area (Å²) in [6.07, 6.45) is -1.27. The quantitative estimate of drug-likeness (QED) is 0.572. The molecule has 8 nitrogen and oxygen atoms in total. The van der Waals surface area contributed by atoms with Crippen LogP contribution in [0.3, 0.4) is 0 Å². The number of ether oxygens (including phenoxy) is 2. The third kappa shape index (κ3) is 1.48. The van der Waals surface area contributed by atoms with Crippen molar-refractivity contribution in [1.29, 1.82) is 0 Å². The average molecular weight is 270 g/mol. The molecule has 3 rings (SSSR count). The van der Waals surface area contributed by atoms with E-state index in [1.807, 2.05) is 6.92 Å². The molecule has 0 aromatic carbocycles. The number of hydrogen-bond donors (Lipinski definition) is 0. The van der Waals surface area contributed by atoms with Gasteiger partial charge in [-0.05, 0) is 4.74 Å². The predicted octanol–water partition coefficient (Wildman–Crippen LogP) is -0.163. The van der Waals surface area contributed by atoms with Crippen molar-refractivity contribution >= 4 is 17.9 Å². The molecule has 3 atom stereocenters. The fourth-order valence-electron chi connectivity index (χ4n) is 3.15. The second kappa shape index (κ2) is 4.01. The zero-order chi connectivity index (χ0) is 13.7. The molecule has 2 amide bonds. The summed E-state index contributed by atoms with van der Waals surface area (Å²) in [5.41, 5.74) is 1.09. The Morgan fingerprint density at radius 1 is 1.32 bits per heavy atom. The Labute approximate surface area is 110 Å². The van der Waals surface area contributed by atoms with Gasteiger partial charge in [-0.15, -0.1) is 0 Å². The van der Waals surface area contributed by atoms with Crippen molar-refractivity contribution in [1.82, 2.24) is 10.0 Å². The Hall–Kier alpha value is -1.99. The molecule has 1 fully saturated rings. The van der Waals surface area contributed by atoms with Gasteiger partial charge in [0.2, 0.25) is 18.4 Å². The summed E-state index contributed by atoms with van der Waals surface area (Å²) in [4.78, 5) is 29.5. The Morgan fingerprint density at radius 2 is 2.00 bits per heavy atom. The van der Waals surface area contributed by atoms with Crippen molar-refractivity contribution in [2.75, 3.05) is 27.3 Å². The van der Waals surface area contributed by atoms with Crippen LogP contribution >= 0.6 is 0 Å². The van der Waals surface area contributed by atoms with Gasteiger partial charge in [-0.25, -0.2) is 19.6 Å². The van der Waals surface area contributed by atoms with E-state index in [0.717, 1.165) is 5.71 Å². The molecular weight excluding hydrogens is 254 g/mol. The van der Waals surface area contributed by atoms with Crippen LogP contribution < -0.4 is 0 Å². The minimum absolute atomic E-state index is 0.111. The summed E-state index contributed by atoms with van der Waals surface area (Å²) in [6, 6.07) is -0.154. The topological polar surface area (TPSA) is 71.3 Å². The minimum atomic E-state index is -0.588. The number of rotatable bonds is 0.